The lowest BCUT2D eigenvalue weighted by molar-refractivity contribution is -0.123. The Morgan fingerprint density at radius 3 is 2.48 bits per heavy atom. The van der Waals surface area contributed by atoms with Crippen molar-refractivity contribution < 1.29 is 14.1 Å². The fourth-order valence-electron chi connectivity index (χ4n) is 3.76. The third kappa shape index (κ3) is 3.18. The van der Waals surface area contributed by atoms with E-state index in [1.165, 1.54) is 15.5 Å². The first-order chi connectivity index (χ1) is 14.9. The highest BCUT2D eigenvalue weighted by Crippen LogP contribution is 2.33. The maximum Gasteiger partial charge on any atom is 0.263 e. The van der Waals surface area contributed by atoms with E-state index >= 15 is 0 Å². The van der Waals surface area contributed by atoms with Crippen LogP contribution in [0.1, 0.15) is 22.6 Å². The van der Waals surface area contributed by atoms with Crippen molar-refractivity contribution in [2.75, 3.05) is 4.90 Å². The molecule has 0 N–H and O–H groups in total. The monoisotopic (exact) mass is 416 g/mol. The SMILES string of the molecule is Cc1ccc(N2C(=O)[C@H]3N=NN(Cc4nc(-c5ccc(C)c(C)c5)no4)[C@H]3C2=O)cc1. The molecule has 2 aromatic carbocycles. The van der Waals surface area contributed by atoms with E-state index in [4.69, 9.17) is 4.52 Å². The molecule has 2 amide bonds. The topological polar surface area (TPSA) is 104 Å². The van der Waals surface area contributed by atoms with Crippen molar-refractivity contribution >= 4 is 17.5 Å². The number of amides is 2. The second kappa shape index (κ2) is 7.12. The second-order valence-electron chi connectivity index (χ2n) is 7.85. The molecular weight excluding hydrogens is 396 g/mol. The van der Waals surface area contributed by atoms with Crippen LogP contribution in [0.3, 0.4) is 0 Å². The molecule has 3 heterocycles. The summed E-state index contributed by atoms with van der Waals surface area (Å²) in [5.41, 5.74) is 4.72. The Labute approximate surface area is 178 Å². The fourth-order valence-corrected chi connectivity index (χ4v) is 3.76. The molecule has 0 radical (unpaired) electrons. The molecule has 9 heteroatoms. The maximum absolute atomic E-state index is 13.1. The van der Waals surface area contributed by atoms with Crippen molar-refractivity contribution in [1.29, 1.82) is 0 Å². The summed E-state index contributed by atoms with van der Waals surface area (Å²) in [5.74, 6) is 0.00644. The number of carbonyl (C=O) groups excluding carboxylic acids is 2. The van der Waals surface area contributed by atoms with Gasteiger partial charge in [-0.2, -0.15) is 10.1 Å². The molecule has 1 aromatic heterocycles. The lowest BCUT2D eigenvalue weighted by Gasteiger charge is -2.19. The summed E-state index contributed by atoms with van der Waals surface area (Å²) in [7, 11) is 0. The number of nitrogens with zero attached hydrogens (tertiary/aromatic N) is 6. The van der Waals surface area contributed by atoms with Crippen LogP contribution in [-0.4, -0.2) is 39.0 Å². The number of hydrogen-bond acceptors (Lipinski definition) is 8. The van der Waals surface area contributed by atoms with Gasteiger partial charge >= 0.3 is 0 Å². The molecule has 156 valence electrons. The van der Waals surface area contributed by atoms with Gasteiger partial charge in [-0.3, -0.25) is 14.6 Å². The molecular formula is C22H20N6O3. The largest absolute Gasteiger partial charge is 0.337 e. The predicted molar refractivity (Wildman–Crippen MR) is 111 cm³/mol. The molecule has 0 aliphatic carbocycles. The van der Waals surface area contributed by atoms with Crippen LogP contribution in [0.4, 0.5) is 5.69 Å². The zero-order valence-electron chi connectivity index (χ0n) is 17.3. The first kappa shape index (κ1) is 19.1. The standard InChI is InChI=1S/C22H20N6O3/c1-12-4-8-16(9-5-12)28-21(29)18-19(22(28)30)27(26-24-18)11-17-23-20(25-31-17)15-7-6-13(2)14(3)10-15/h4-10,18-19H,11H2,1-3H3/t18-,19+/m0/s1. The number of aryl methyl sites for hydroxylation is 3. The molecule has 1 saturated heterocycles. The number of rotatable bonds is 4. The normalized spacial score (nSPS) is 20.1. The Bertz CT molecular complexity index is 1220. The number of benzene rings is 2. The van der Waals surface area contributed by atoms with E-state index < -0.39 is 12.1 Å². The minimum absolute atomic E-state index is 0.0866. The molecule has 1 fully saturated rings. The summed E-state index contributed by atoms with van der Waals surface area (Å²) >= 11 is 0. The second-order valence-corrected chi connectivity index (χ2v) is 7.85. The molecule has 5 rings (SSSR count). The van der Waals surface area contributed by atoms with Crippen molar-refractivity contribution in [1.82, 2.24) is 15.1 Å². The Hall–Kier alpha value is -3.88. The highest BCUT2D eigenvalue weighted by atomic mass is 16.5. The Morgan fingerprint density at radius 1 is 0.968 bits per heavy atom. The minimum Gasteiger partial charge on any atom is -0.337 e. The smallest absolute Gasteiger partial charge is 0.263 e. The minimum atomic E-state index is -0.865. The van der Waals surface area contributed by atoms with Crippen LogP contribution in [0, 0.1) is 20.8 Å². The van der Waals surface area contributed by atoms with E-state index in [0.29, 0.717) is 17.4 Å². The average Bonchev–Trinajstić information content (AvgIpc) is 3.44. The van der Waals surface area contributed by atoms with Gasteiger partial charge in [-0.05, 0) is 50.1 Å². The van der Waals surface area contributed by atoms with Crippen molar-refractivity contribution in [2.45, 2.75) is 39.4 Å². The molecule has 31 heavy (non-hydrogen) atoms. The molecule has 2 aliphatic heterocycles. The van der Waals surface area contributed by atoms with Gasteiger partial charge in [-0.15, -0.1) is 0 Å². The molecule has 2 aliphatic rings. The zero-order chi connectivity index (χ0) is 21.7. The number of hydrogen-bond donors (Lipinski definition) is 0. The van der Waals surface area contributed by atoms with Gasteiger partial charge in [0.15, 0.2) is 12.1 Å². The lowest BCUT2D eigenvalue weighted by Crippen LogP contribution is -2.39. The van der Waals surface area contributed by atoms with Crippen molar-refractivity contribution in [3.8, 4) is 11.4 Å². The van der Waals surface area contributed by atoms with Crippen LogP contribution in [0.5, 0.6) is 0 Å². The molecule has 0 bridgehead atoms. The highest BCUT2D eigenvalue weighted by molar-refractivity contribution is 6.25. The molecule has 0 unspecified atom stereocenters. The number of anilines is 1. The first-order valence-corrected chi connectivity index (χ1v) is 9.94. The van der Waals surface area contributed by atoms with Gasteiger partial charge in [-0.1, -0.05) is 40.2 Å². The first-order valence-electron chi connectivity index (χ1n) is 9.94. The van der Waals surface area contributed by atoms with Crippen molar-refractivity contribution in [3.05, 3.63) is 65.0 Å². The third-order valence-corrected chi connectivity index (χ3v) is 5.68. The van der Waals surface area contributed by atoms with Crippen LogP contribution in [-0.2, 0) is 16.1 Å². The molecule has 0 spiro atoms. The Balaban J connectivity index is 1.36. The van der Waals surface area contributed by atoms with Gasteiger partial charge in [0.05, 0.1) is 5.69 Å². The van der Waals surface area contributed by atoms with Gasteiger partial charge in [0.2, 0.25) is 11.7 Å². The van der Waals surface area contributed by atoms with E-state index in [1.807, 2.05) is 51.1 Å². The van der Waals surface area contributed by atoms with E-state index in [2.05, 4.69) is 20.5 Å². The summed E-state index contributed by atoms with van der Waals surface area (Å²) in [6, 6.07) is 11.5. The molecule has 2 atom stereocenters. The molecule has 0 saturated carbocycles. The van der Waals surface area contributed by atoms with Crippen molar-refractivity contribution in [3.63, 3.8) is 0 Å². The molecule has 9 nitrogen and oxygen atoms in total. The summed E-state index contributed by atoms with van der Waals surface area (Å²) in [5, 5.41) is 13.5. The maximum atomic E-state index is 13.1. The lowest BCUT2D eigenvalue weighted by atomic mass is 10.1. The van der Waals surface area contributed by atoms with Crippen LogP contribution < -0.4 is 4.90 Å². The van der Waals surface area contributed by atoms with E-state index in [0.717, 1.165) is 16.7 Å². The number of aromatic nitrogens is 2. The quantitative estimate of drug-likeness (QED) is 0.605. The average molecular weight is 416 g/mol. The number of fused-ring (bicyclic) bond motifs is 1. The van der Waals surface area contributed by atoms with Gasteiger partial charge in [0.1, 0.15) is 6.54 Å². The molecule has 3 aromatic rings. The van der Waals surface area contributed by atoms with Gasteiger partial charge in [0, 0.05) is 5.56 Å². The van der Waals surface area contributed by atoms with E-state index in [-0.39, 0.29) is 18.4 Å². The summed E-state index contributed by atoms with van der Waals surface area (Å²) in [4.78, 5) is 31.5. The van der Waals surface area contributed by atoms with E-state index in [1.54, 1.807) is 12.1 Å². The van der Waals surface area contributed by atoms with Gasteiger partial charge in [-0.25, -0.2) is 4.90 Å². The number of imide groups is 1. The summed E-state index contributed by atoms with van der Waals surface area (Å²) in [6.07, 6.45) is 0. The fraction of sp³-hybridized carbons (Fsp3) is 0.273. The summed E-state index contributed by atoms with van der Waals surface area (Å²) < 4.78 is 5.37. The van der Waals surface area contributed by atoms with Crippen LogP contribution in [0.25, 0.3) is 11.4 Å². The highest BCUT2D eigenvalue weighted by Gasteiger charge is 2.55. The third-order valence-electron chi connectivity index (χ3n) is 5.68. The Morgan fingerprint density at radius 2 is 1.74 bits per heavy atom. The van der Waals surface area contributed by atoms with Crippen LogP contribution >= 0.6 is 0 Å². The number of carbonyl (C=O) groups is 2. The van der Waals surface area contributed by atoms with Gasteiger partial charge < -0.3 is 4.52 Å². The summed E-state index contributed by atoms with van der Waals surface area (Å²) in [6.45, 7) is 6.09. The van der Waals surface area contributed by atoms with Crippen LogP contribution in [0.15, 0.2) is 57.3 Å². The van der Waals surface area contributed by atoms with Crippen LogP contribution in [0.2, 0.25) is 0 Å². The van der Waals surface area contributed by atoms with Crippen molar-refractivity contribution in [2.24, 2.45) is 10.3 Å². The van der Waals surface area contributed by atoms with E-state index in [9.17, 15) is 9.59 Å². The predicted octanol–water partition coefficient (Wildman–Crippen LogP) is 3.16. The Kier molecular flexibility index (Phi) is 4.39. The zero-order valence-corrected chi connectivity index (χ0v) is 17.3. The van der Waals surface area contributed by atoms with Gasteiger partial charge in [0.25, 0.3) is 11.8 Å².